The zero-order chi connectivity index (χ0) is 14.0. The van der Waals surface area contributed by atoms with Gasteiger partial charge in [-0.2, -0.15) is 0 Å². The fourth-order valence-electron chi connectivity index (χ4n) is 1.79. The summed E-state index contributed by atoms with van der Waals surface area (Å²) in [5.74, 6) is 0.150. The van der Waals surface area contributed by atoms with Gasteiger partial charge in [-0.25, -0.2) is 4.79 Å². The van der Waals surface area contributed by atoms with Gasteiger partial charge in [0.25, 0.3) is 0 Å². The Kier molecular flexibility index (Phi) is 3.76. The average molecular weight is 277 g/mol. The van der Waals surface area contributed by atoms with Crippen molar-refractivity contribution >= 4 is 17.6 Å². The van der Waals surface area contributed by atoms with Crippen molar-refractivity contribution in [2.45, 2.75) is 13.8 Å². The minimum absolute atomic E-state index is 0.194. The topological polar surface area (TPSA) is 46.5 Å². The van der Waals surface area contributed by atoms with Crippen LogP contribution in [0.2, 0.25) is 5.02 Å². The minimum atomic E-state index is -0.978. The Labute approximate surface area is 116 Å². The molecule has 0 heterocycles. The Morgan fingerprint density at radius 1 is 1.11 bits per heavy atom. The second-order valence-corrected chi connectivity index (χ2v) is 4.68. The highest BCUT2D eigenvalue weighted by Crippen LogP contribution is 2.29. The normalized spacial score (nSPS) is 10.3. The van der Waals surface area contributed by atoms with Crippen LogP contribution in [0.4, 0.5) is 0 Å². The van der Waals surface area contributed by atoms with Gasteiger partial charge in [-0.05, 0) is 55.3 Å². The molecular formula is C15H13ClO3. The summed E-state index contributed by atoms with van der Waals surface area (Å²) in [5.41, 5.74) is 2.04. The fourth-order valence-corrected chi connectivity index (χ4v) is 1.90. The zero-order valence-corrected chi connectivity index (χ0v) is 11.4. The van der Waals surface area contributed by atoms with E-state index in [0.29, 0.717) is 16.5 Å². The highest BCUT2D eigenvalue weighted by molar-refractivity contribution is 6.32. The van der Waals surface area contributed by atoms with E-state index < -0.39 is 5.97 Å². The average Bonchev–Trinajstić information content (AvgIpc) is 2.36. The maximum atomic E-state index is 10.9. The molecule has 0 aromatic heterocycles. The summed E-state index contributed by atoms with van der Waals surface area (Å²) in [6, 6.07) is 10.0. The first-order chi connectivity index (χ1) is 8.97. The van der Waals surface area contributed by atoms with E-state index in [1.807, 2.05) is 26.0 Å². The molecule has 4 heteroatoms. The number of rotatable bonds is 3. The third-order valence-corrected chi connectivity index (χ3v) is 3.32. The van der Waals surface area contributed by atoms with E-state index in [1.54, 1.807) is 12.1 Å². The van der Waals surface area contributed by atoms with Gasteiger partial charge in [-0.15, -0.1) is 0 Å². The van der Waals surface area contributed by atoms with E-state index in [-0.39, 0.29) is 5.56 Å². The van der Waals surface area contributed by atoms with E-state index in [4.69, 9.17) is 21.4 Å². The van der Waals surface area contributed by atoms with Gasteiger partial charge in [-0.1, -0.05) is 17.7 Å². The molecule has 0 bridgehead atoms. The number of carbonyl (C=O) groups is 1. The zero-order valence-electron chi connectivity index (χ0n) is 10.6. The fraction of sp³-hybridized carbons (Fsp3) is 0.133. The molecule has 3 nitrogen and oxygen atoms in total. The van der Waals surface area contributed by atoms with Gasteiger partial charge in [0, 0.05) is 5.02 Å². The largest absolute Gasteiger partial charge is 0.478 e. The molecule has 2 aromatic rings. The predicted octanol–water partition coefficient (Wildman–Crippen LogP) is 4.45. The maximum Gasteiger partial charge on any atom is 0.335 e. The van der Waals surface area contributed by atoms with E-state index in [9.17, 15) is 4.79 Å². The van der Waals surface area contributed by atoms with Crippen LogP contribution in [-0.2, 0) is 0 Å². The summed E-state index contributed by atoms with van der Waals surface area (Å²) < 4.78 is 5.66. The number of hydrogen-bond acceptors (Lipinski definition) is 2. The summed E-state index contributed by atoms with van der Waals surface area (Å²) in [4.78, 5) is 10.9. The Balaban J connectivity index is 2.31. The molecule has 0 saturated carbocycles. The molecule has 0 radical (unpaired) electrons. The summed E-state index contributed by atoms with van der Waals surface area (Å²) in [7, 11) is 0. The van der Waals surface area contributed by atoms with Crippen molar-refractivity contribution in [3.8, 4) is 11.5 Å². The van der Waals surface area contributed by atoms with E-state index in [0.717, 1.165) is 11.1 Å². The first-order valence-electron chi connectivity index (χ1n) is 5.75. The van der Waals surface area contributed by atoms with Crippen LogP contribution in [0.15, 0.2) is 36.4 Å². The van der Waals surface area contributed by atoms with Crippen LogP contribution >= 0.6 is 11.6 Å². The van der Waals surface area contributed by atoms with Gasteiger partial charge in [0.15, 0.2) is 0 Å². The van der Waals surface area contributed by atoms with Crippen LogP contribution < -0.4 is 4.74 Å². The lowest BCUT2D eigenvalue weighted by molar-refractivity contribution is 0.0696. The lowest BCUT2D eigenvalue weighted by Gasteiger charge is -2.10. The van der Waals surface area contributed by atoms with Crippen LogP contribution in [0.1, 0.15) is 21.5 Å². The van der Waals surface area contributed by atoms with Crippen LogP contribution in [-0.4, -0.2) is 11.1 Å². The van der Waals surface area contributed by atoms with Gasteiger partial charge in [0.05, 0.1) is 5.56 Å². The molecule has 2 rings (SSSR count). The Morgan fingerprint density at radius 2 is 1.74 bits per heavy atom. The molecule has 2 aromatic carbocycles. The molecular weight excluding hydrogens is 264 g/mol. The minimum Gasteiger partial charge on any atom is -0.478 e. The van der Waals surface area contributed by atoms with Gasteiger partial charge >= 0.3 is 5.97 Å². The Hall–Kier alpha value is -2.00. The molecule has 0 aliphatic heterocycles. The monoisotopic (exact) mass is 276 g/mol. The van der Waals surface area contributed by atoms with Gasteiger partial charge in [0.2, 0.25) is 0 Å². The number of aromatic carboxylic acids is 1. The number of hydrogen-bond donors (Lipinski definition) is 1. The standard InChI is InChI=1S/C15H13ClO3/c1-9-6-13(7-10(2)14(9)16)19-12-5-3-4-11(8-12)15(17)18/h3-8H,1-2H3,(H,17,18). The van der Waals surface area contributed by atoms with Crippen LogP contribution in [0.3, 0.4) is 0 Å². The summed E-state index contributed by atoms with van der Waals surface area (Å²) in [6.07, 6.45) is 0. The van der Waals surface area contributed by atoms with Crippen LogP contribution in [0.25, 0.3) is 0 Å². The lowest BCUT2D eigenvalue weighted by atomic mass is 10.1. The molecule has 0 fully saturated rings. The van der Waals surface area contributed by atoms with E-state index in [1.165, 1.54) is 12.1 Å². The molecule has 0 aliphatic rings. The van der Waals surface area contributed by atoms with E-state index in [2.05, 4.69) is 0 Å². The van der Waals surface area contributed by atoms with Crippen LogP contribution in [0.5, 0.6) is 11.5 Å². The van der Waals surface area contributed by atoms with Crippen molar-refractivity contribution in [3.63, 3.8) is 0 Å². The number of aryl methyl sites for hydroxylation is 2. The molecule has 1 N–H and O–H groups in total. The van der Waals surface area contributed by atoms with Crippen molar-refractivity contribution in [1.82, 2.24) is 0 Å². The van der Waals surface area contributed by atoms with Gasteiger partial charge in [-0.3, -0.25) is 0 Å². The van der Waals surface area contributed by atoms with Crippen molar-refractivity contribution in [2.75, 3.05) is 0 Å². The quantitative estimate of drug-likeness (QED) is 0.901. The summed E-state index contributed by atoms with van der Waals surface area (Å²) >= 11 is 6.09. The van der Waals surface area contributed by atoms with Crippen LogP contribution in [0, 0.1) is 13.8 Å². The Morgan fingerprint density at radius 3 is 2.32 bits per heavy atom. The van der Waals surface area contributed by atoms with Crippen molar-refractivity contribution < 1.29 is 14.6 Å². The second-order valence-electron chi connectivity index (χ2n) is 4.31. The number of ether oxygens (including phenoxy) is 1. The van der Waals surface area contributed by atoms with Crippen molar-refractivity contribution in [1.29, 1.82) is 0 Å². The number of halogens is 1. The number of carboxylic acids is 1. The SMILES string of the molecule is Cc1cc(Oc2cccc(C(=O)O)c2)cc(C)c1Cl. The third-order valence-electron chi connectivity index (χ3n) is 2.73. The highest BCUT2D eigenvalue weighted by atomic mass is 35.5. The van der Waals surface area contributed by atoms with Gasteiger partial charge < -0.3 is 9.84 Å². The second kappa shape index (κ2) is 5.33. The molecule has 98 valence electrons. The molecule has 0 unspecified atom stereocenters. The molecule has 0 spiro atoms. The molecule has 0 atom stereocenters. The first kappa shape index (κ1) is 13.4. The first-order valence-corrected chi connectivity index (χ1v) is 6.13. The molecule has 0 amide bonds. The summed E-state index contributed by atoms with van der Waals surface area (Å²) in [5, 5.41) is 9.64. The lowest BCUT2D eigenvalue weighted by Crippen LogP contribution is -1.96. The van der Waals surface area contributed by atoms with Crippen molar-refractivity contribution in [3.05, 3.63) is 58.1 Å². The number of carboxylic acid groups (broad SMARTS) is 1. The third kappa shape index (κ3) is 3.06. The van der Waals surface area contributed by atoms with Gasteiger partial charge in [0.1, 0.15) is 11.5 Å². The van der Waals surface area contributed by atoms with Crippen molar-refractivity contribution in [2.24, 2.45) is 0 Å². The number of benzene rings is 2. The predicted molar refractivity (Wildman–Crippen MR) is 74.4 cm³/mol. The summed E-state index contributed by atoms with van der Waals surface area (Å²) in [6.45, 7) is 3.80. The molecule has 19 heavy (non-hydrogen) atoms. The maximum absolute atomic E-state index is 10.9. The Bertz CT molecular complexity index is 612. The molecule has 0 saturated heterocycles. The smallest absolute Gasteiger partial charge is 0.335 e. The molecule has 0 aliphatic carbocycles. The van der Waals surface area contributed by atoms with E-state index >= 15 is 0 Å². The highest BCUT2D eigenvalue weighted by Gasteiger charge is 2.07.